The third-order valence-electron chi connectivity index (χ3n) is 4.24. The highest BCUT2D eigenvalue weighted by molar-refractivity contribution is 7.89. The molecule has 0 aromatic carbocycles. The monoisotopic (exact) mass is 290 g/mol. The predicted molar refractivity (Wildman–Crippen MR) is 71.1 cm³/mol. The van der Waals surface area contributed by atoms with E-state index in [1.165, 1.54) is 7.11 Å². The summed E-state index contributed by atoms with van der Waals surface area (Å²) in [5.74, 6) is 0.205. The molecule has 0 aromatic rings. The van der Waals surface area contributed by atoms with Crippen molar-refractivity contribution in [3.05, 3.63) is 0 Å². The molecule has 6 nitrogen and oxygen atoms in total. The molecule has 2 fully saturated rings. The molecule has 2 saturated heterocycles. The first-order chi connectivity index (χ1) is 8.99. The van der Waals surface area contributed by atoms with E-state index >= 15 is 0 Å². The summed E-state index contributed by atoms with van der Waals surface area (Å²) in [5, 5.41) is 3.32. The standard InChI is InChI=1S/C12H22N2O4S/c1-3-11-10-7-13-6-9(10)8-14(11)19(16,17)5-4-12(15)18-2/h9-11,13H,3-8H2,1-2H3. The molecule has 0 spiro atoms. The van der Waals surface area contributed by atoms with E-state index < -0.39 is 16.0 Å². The molecular formula is C12H22N2O4S. The Morgan fingerprint density at radius 2 is 2.16 bits per heavy atom. The fourth-order valence-electron chi connectivity index (χ4n) is 3.24. The van der Waals surface area contributed by atoms with Crippen LogP contribution in [0.4, 0.5) is 0 Å². The minimum Gasteiger partial charge on any atom is -0.469 e. The number of ether oxygens (including phenoxy) is 1. The maximum absolute atomic E-state index is 12.4. The number of sulfonamides is 1. The zero-order valence-electron chi connectivity index (χ0n) is 11.5. The average molecular weight is 290 g/mol. The predicted octanol–water partition coefficient (Wildman–Crippen LogP) is -0.191. The molecule has 0 saturated carbocycles. The molecule has 3 atom stereocenters. The van der Waals surface area contributed by atoms with Crippen molar-refractivity contribution in [3.63, 3.8) is 0 Å². The van der Waals surface area contributed by atoms with E-state index in [0.29, 0.717) is 18.4 Å². The highest BCUT2D eigenvalue weighted by atomic mass is 32.2. The number of hydrogen-bond acceptors (Lipinski definition) is 5. The second-order valence-electron chi connectivity index (χ2n) is 5.27. The summed E-state index contributed by atoms with van der Waals surface area (Å²) in [7, 11) is -2.09. The fourth-order valence-corrected chi connectivity index (χ4v) is 5.04. The molecular weight excluding hydrogens is 268 g/mol. The van der Waals surface area contributed by atoms with E-state index in [2.05, 4.69) is 10.1 Å². The summed E-state index contributed by atoms with van der Waals surface area (Å²) in [6, 6.07) is 0.0719. The summed E-state index contributed by atoms with van der Waals surface area (Å²) in [4.78, 5) is 11.1. The molecule has 19 heavy (non-hydrogen) atoms. The molecule has 2 rings (SSSR count). The first-order valence-electron chi connectivity index (χ1n) is 6.76. The van der Waals surface area contributed by atoms with Crippen LogP contribution < -0.4 is 5.32 Å². The van der Waals surface area contributed by atoms with Crippen molar-refractivity contribution in [1.82, 2.24) is 9.62 Å². The number of fused-ring (bicyclic) bond motifs is 1. The van der Waals surface area contributed by atoms with E-state index in [4.69, 9.17) is 0 Å². The van der Waals surface area contributed by atoms with Crippen molar-refractivity contribution in [2.75, 3.05) is 32.5 Å². The van der Waals surface area contributed by atoms with E-state index in [1.54, 1.807) is 4.31 Å². The maximum Gasteiger partial charge on any atom is 0.306 e. The van der Waals surface area contributed by atoms with Crippen molar-refractivity contribution in [1.29, 1.82) is 0 Å². The molecule has 2 aliphatic heterocycles. The molecule has 2 heterocycles. The van der Waals surface area contributed by atoms with Crippen molar-refractivity contribution in [2.45, 2.75) is 25.8 Å². The van der Waals surface area contributed by atoms with Crippen LogP contribution in [-0.2, 0) is 19.6 Å². The molecule has 0 bridgehead atoms. The van der Waals surface area contributed by atoms with Crippen molar-refractivity contribution >= 4 is 16.0 Å². The van der Waals surface area contributed by atoms with Crippen LogP contribution in [-0.4, -0.2) is 57.2 Å². The van der Waals surface area contributed by atoms with Crippen LogP contribution in [0.5, 0.6) is 0 Å². The lowest BCUT2D eigenvalue weighted by Gasteiger charge is -2.26. The van der Waals surface area contributed by atoms with Gasteiger partial charge in [-0.1, -0.05) is 6.92 Å². The molecule has 7 heteroatoms. The lowest BCUT2D eigenvalue weighted by molar-refractivity contribution is -0.140. The van der Waals surface area contributed by atoms with Gasteiger partial charge in [0.05, 0.1) is 19.3 Å². The molecule has 2 aliphatic rings. The Morgan fingerprint density at radius 1 is 1.42 bits per heavy atom. The highest BCUT2D eigenvalue weighted by Gasteiger charge is 2.47. The number of rotatable bonds is 5. The van der Waals surface area contributed by atoms with Gasteiger partial charge in [-0.15, -0.1) is 0 Å². The van der Waals surface area contributed by atoms with Gasteiger partial charge in [-0.05, 0) is 31.3 Å². The lowest BCUT2D eigenvalue weighted by Crippen LogP contribution is -2.41. The van der Waals surface area contributed by atoms with E-state index in [1.807, 2.05) is 6.92 Å². The Hall–Kier alpha value is -0.660. The van der Waals surface area contributed by atoms with Gasteiger partial charge >= 0.3 is 5.97 Å². The first kappa shape index (κ1) is 14.7. The molecule has 0 amide bonds. The second-order valence-corrected chi connectivity index (χ2v) is 7.31. The third kappa shape index (κ3) is 2.93. The van der Waals surface area contributed by atoms with Gasteiger partial charge in [-0.25, -0.2) is 8.42 Å². The number of carbonyl (C=O) groups is 1. The zero-order valence-corrected chi connectivity index (χ0v) is 12.3. The van der Waals surface area contributed by atoms with Gasteiger partial charge in [0.15, 0.2) is 0 Å². The summed E-state index contributed by atoms with van der Waals surface area (Å²) in [5.41, 5.74) is 0. The number of esters is 1. The highest BCUT2D eigenvalue weighted by Crippen LogP contribution is 2.36. The summed E-state index contributed by atoms with van der Waals surface area (Å²) in [6.45, 7) is 4.39. The van der Waals surface area contributed by atoms with Crippen molar-refractivity contribution < 1.29 is 17.9 Å². The molecule has 1 N–H and O–H groups in total. The smallest absolute Gasteiger partial charge is 0.306 e. The second kappa shape index (κ2) is 5.76. The van der Waals surface area contributed by atoms with Crippen LogP contribution in [0.1, 0.15) is 19.8 Å². The Kier molecular flexibility index (Phi) is 4.47. The van der Waals surface area contributed by atoms with Gasteiger partial charge in [0.25, 0.3) is 0 Å². The van der Waals surface area contributed by atoms with E-state index in [-0.39, 0.29) is 18.2 Å². The Labute approximate surface area is 114 Å². The van der Waals surface area contributed by atoms with E-state index in [9.17, 15) is 13.2 Å². The molecule has 0 radical (unpaired) electrons. The Morgan fingerprint density at radius 3 is 2.79 bits per heavy atom. The van der Waals surface area contributed by atoms with Crippen molar-refractivity contribution in [3.8, 4) is 0 Å². The number of carbonyl (C=O) groups excluding carboxylic acids is 1. The van der Waals surface area contributed by atoms with Crippen molar-refractivity contribution in [2.24, 2.45) is 11.8 Å². The number of nitrogens with zero attached hydrogens (tertiary/aromatic N) is 1. The minimum absolute atomic E-state index is 0.0701. The first-order valence-corrected chi connectivity index (χ1v) is 8.37. The normalized spacial score (nSPS) is 31.4. The average Bonchev–Trinajstić information content (AvgIpc) is 2.95. The Balaban J connectivity index is 2.05. The van der Waals surface area contributed by atoms with Crippen LogP contribution in [0, 0.1) is 11.8 Å². The van der Waals surface area contributed by atoms with Gasteiger partial charge in [-0.2, -0.15) is 4.31 Å². The van der Waals surface area contributed by atoms with Crippen LogP contribution in [0.25, 0.3) is 0 Å². The van der Waals surface area contributed by atoms with Gasteiger partial charge in [0.1, 0.15) is 0 Å². The quantitative estimate of drug-likeness (QED) is 0.710. The minimum atomic E-state index is -3.36. The maximum atomic E-state index is 12.4. The number of nitrogens with one attached hydrogen (secondary N) is 1. The fraction of sp³-hybridized carbons (Fsp3) is 0.917. The summed E-state index contributed by atoms with van der Waals surface area (Å²) >= 11 is 0. The van der Waals surface area contributed by atoms with Gasteiger partial charge < -0.3 is 10.1 Å². The number of methoxy groups -OCH3 is 1. The lowest BCUT2D eigenvalue weighted by atomic mass is 9.93. The third-order valence-corrected chi connectivity index (χ3v) is 6.09. The van der Waals surface area contributed by atoms with E-state index in [0.717, 1.165) is 19.5 Å². The Bertz CT molecular complexity index is 437. The number of hydrogen-bond donors (Lipinski definition) is 1. The summed E-state index contributed by atoms with van der Waals surface area (Å²) < 4.78 is 30.8. The molecule has 110 valence electrons. The van der Waals surface area contributed by atoms with Crippen LogP contribution in [0.2, 0.25) is 0 Å². The topological polar surface area (TPSA) is 75.7 Å². The van der Waals surface area contributed by atoms with Crippen LogP contribution in [0.15, 0.2) is 0 Å². The molecule has 3 unspecified atom stereocenters. The largest absolute Gasteiger partial charge is 0.469 e. The molecule has 0 aliphatic carbocycles. The molecule has 0 aromatic heterocycles. The summed E-state index contributed by atoms with van der Waals surface area (Å²) in [6.07, 6.45) is 0.750. The van der Waals surface area contributed by atoms with Gasteiger partial charge in [0.2, 0.25) is 10.0 Å². The SMILES string of the molecule is CCC1C2CNCC2CN1S(=O)(=O)CCC(=O)OC. The van der Waals surface area contributed by atoms with Gasteiger partial charge in [0, 0.05) is 12.6 Å². The van der Waals surface area contributed by atoms with Crippen LogP contribution in [0.3, 0.4) is 0 Å². The zero-order chi connectivity index (χ0) is 14.0. The van der Waals surface area contributed by atoms with Crippen LogP contribution >= 0.6 is 0 Å². The van der Waals surface area contributed by atoms with Gasteiger partial charge in [-0.3, -0.25) is 4.79 Å².